The fraction of sp³-hybridized carbons (Fsp3) is 0.182. The third-order valence-corrected chi connectivity index (χ3v) is 2.86. The molecular weight excluding hydrogens is 236 g/mol. The van der Waals surface area contributed by atoms with E-state index in [1.54, 1.807) is 11.6 Å². The summed E-state index contributed by atoms with van der Waals surface area (Å²) in [5.74, 6) is -0.175. The fourth-order valence-corrected chi connectivity index (χ4v) is 1.95. The predicted octanol–water partition coefficient (Wildman–Crippen LogP) is 1.29. The first-order valence-electron chi connectivity index (χ1n) is 5.16. The van der Waals surface area contributed by atoms with Gasteiger partial charge in [0.15, 0.2) is 0 Å². The predicted molar refractivity (Wildman–Crippen MR) is 67.1 cm³/mol. The highest BCUT2D eigenvalue weighted by Gasteiger charge is 2.11. The van der Waals surface area contributed by atoms with Gasteiger partial charge in [-0.2, -0.15) is 0 Å². The van der Waals surface area contributed by atoms with Crippen LogP contribution in [0.2, 0.25) is 0 Å². The van der Waals surface area contributed by atoms with Crippen molar-refractivity contribution in [2.75, 3.05) is 11.9 Å². The molecule has 3 N–H and O–H groups in total. The zero-order valence-corrected chi connectivity index (χ0v) is 9.91. The lowest BCUT2D eigenvalue weighted by Crippen LogP contribution is -2.15. The summed E-state index contributed by atoms with van der Waals surface area (Å²) in [5, 5.41) is 10.6. The van der Waals surface area contributed by atoms with Gasteiger partial charge in [0.25, 0.3) is 5.91 Å². The van der Waals surface area contributed by atoms with Crippen LogP contribution in [-0.4, -0.2) is 22.6 Å². The molecule has 0 saturated heterocycles. The highest BCUT2D eigenvalue weighted by molar-refractivity contribution is 7.13. The number of carbonyl (C=O) groups excluding carboxylic acids is 1. The number of benzene rings is 1. The Morgan fingerprint density at radius 3 is 2.94 bits per heavy atom. The summed E-state index contributed by atoms with van der Waals surface area (Å²) >= 11 is 1.29. The van der Waals surface area contributed by atoms with Crippen LogP contribution in [0, 0.1) is 0 Å². The van der Waals surface area contributed by atoms with E-state index in [1.165, 1.54) is 11.3 Å². The van der Waals surface area contributed by atoms with Crippen LogP contribution in [0.3, 0.4) is 0 Å². The third kappa shape index (κ3) is 2.86. The van der Waals surface area contributed by atoms with Gasteiger partial charge in [-0.15, -0.1) is 10.2 Å². The average Bonchev–Trinajstić information content (AvgIpc) is 2.83. The number of hydrogen-bond donors (Lipinski definition) is 2. The van der Waals surface area contributed by atoms with E-state index in [1.807, 2.05) is 18.2 Å². The number of hydrogen-bond acceptors (Lipinski definition) is 5. The van der Waals surface area contributed by atoms with E-state index in [2.05, 4.69) is 15.5 Å². The lowest BCUT2D eigenvalue weighted by Gasteiger charge is -2.07. The second-order valence-electron chi connectivity index (χ2n) is 3.39. The summed E-state index contributed by atoms with van der Waals surface area (Å²) in [6.45, 7) is 0.517. The van der Waals surface area contributed by atoms with Crippen LogP contribution in [-0.2, 0) is 6.42 Å². The van der Waals surface area contributed by atoms with E-state index < -0.39 is 0 Å². The van der Waals surface area contributed by atoms with Crippen LogP contribution in [0.15, 0.2) is 29.8 Å². The second-order valence-corrected chi connectivity index (χ2v) is 4.23. The monoisotopic (exact) mass is 248 g/mol. The lowest BCUT2D eigenvalue weighted by atomic mass is 10.0. The van der Waals surface area contributed by atoms with E-state index in [-0.39, 0.29) is 5.91 Å². The first-order valence-corrected chi connectivity index (χ1v) is 6.04. The number of nitrogens with two attached hydrogens (primary N) is 1. The molecule has 17 heavy (non-hydrogen) atoms. The lowest BCUT2D eigenvalue weighted by molar-refractivity contribution is 0.102. The molecule has 6 heteroatoms. The number of rotatable bonds is 4. The van der Waals surface area contributed by atoms with E-state index in [0.29, 0.717) is 23.7 Å². The van der Waals surface area contributed by atoms with Crippen molar-refractivity contribution in [2.45, 2.75) is 6.42 Å². The molecule has 0 aliphatic carbocycles. The van der Waals surface area contributed by atoms with E-state index in [4.69, 9.17) is 5.73 Å². The van der Waals surface area contributed by atoms with E-state index in [0.717, 1.165) is 5.56 Å². The highest BCUT2D eigenvalue weighted by atomic mass is 32.1. The molecule has 2 rings (SSSR count). The summed E-state index contributed by atoms with van der Waals surface area (Å²) in [7, 11) is 0. The van der Waals surface area contributed by atoms with Crippen LogP contribution in [0.4, 0.5) is 5.13 Å². The summed E-state index contributed by atoms with van der Waals surface area (Å²) in [6, 6.07) is 7.41. The molecule has 1 heterocycles. The summed E-state index contributed by atoms with van der Waals surface area (Å²) in [4.78, 5) is 12.0. The molecule has 0 atom stereocenters. The van der Waals surface area contributed by atoms with Crippen molar-refractivity contribution < 1.29 is 4.79 Å². The average molecular weight is 248 g/mol. The van der Waals surface area contributed by atoms with Crippen molar-refractivity contribution in [3.63, 3.8) is 0 Å². The molecule has 0 fully saturated rings. The summed E-state index contributed by atoms with van der Waals surface area (Å²) < 4.78 is 0. The molecule has 1 aromatic heterocycles. The molecule has 88 valence electrons. The van der Waals surface area contributed by atoms with Crippen LogP contribution in [0.1, 0.15) is 15.9 Å². The van der Waals surface area contributed by atoms with Crippen molar-refractivity contribution in [2.24, 2.45) is 5.73 Å². The van der Waals surface area contributed by atoms with Crippen molar-refractivity contribution in [3.8, 4) is 0 Å². The Morgan fingerprint density at radius 2 is 2.24 bits per heavy atom. The Labute approximate surface area is 103 Å². The fourth-order valence-electron chi connectivity index (χ4n) is 1.51. The molecule has 0 aliphatic heterocycles. The Kier molecular flexibility index (Phi) is 3.79. The maximum Gasteiger partial charge on any atom is 0.257 e. The van der Waals surface area contributed by atoms with Gasteiger partial charge in [-0.1, -0.05) is 29.5 Å². The maximum atomic E-state index is 12.0. The Morgan fingerprint density at radius 1 is 1.41 bits per heavy atom. The smallest absolute Gasteiger partial charge is 0.257 e. The minimum atomic E-state index is -0.175. The summed E-state index contributed by atoms with van der Waals surface area (Å²) in [5.41, 5.74) is 8.66. The number of nitrogens with one attached hydrogen (secondary N) is 1. The van der Waals surface area contributed by atoms with Gasteiger partial charge in [-0.25, -0.2) is 0 Å². The normalized spacial score (nSPS) is 10.2. The van der Waals surface area contributed by atoms with Gasteiger partial charge in [0, 0.05) is 5.56 Å². The van der Waals surface area contributed by atoms with E-state index in [9.17, 15) is 4.79 Å². The molecule has 1 amide bonds. The third-order valence-electron chi connectivity index (χ3n) is 2.26. The van der Waals surface area contributed by atoms with Crippen LogP contribution >= 0.6 is 11.3 Å². The zero-order valence-electron chi connectivity index (χ0n) is 9.09. The van der Waals surface area contributed by atoms with Crippen LogP contribution in [0.5, 0.6) is 0 Å². The van der Waals surface area contributed by atoms with Gasteiger partial charge in [0.1, 0.15) is 5.51 Å². The molecule has 0 unspecified atom stereocenters. The molecule has 2 aromatic rings. The van der Waals surface area contributed by atoms with Gasteiger partial charge in [0.05, 0.1) is 0 Å². The zero-order chi connectivity index (χ0) is 12.1. The Bertz CT molecular complexity index is 498. The first-order chi connectivity index (χ1) is 8.31. The number of amides is 1. The van der Waals surface area contributed by atoms with Crippen molar-refractivity contribution >= 4 is 22.4 Å². The largest absolute Gasteiger partial charge is 0.330 e. The van der Waals surface area contributed by atoms with Gasteiger partial charge in [-0.05, 0) is 24.6 Å². The minimum Gasteiger partial charge on any atom is -0.330 e. The molecule has 0 spiro atoms. The molecule has 1 aromatic carbocycles. The molecular formula is C11H12N4OS. The number of carbonyl (C=O) groups is 1. The second kappa shape index (κ2) is 5.51. The van der Waals surface area contributed by atoms with Crippen LogP contribution < -0.4 is 11.1 Å². The Hall–Kier alpha value is -1.79. The molecule has 0 bridgehead atoms. The van der Waals surface area contributed by atoms with Gasteiger partial charge < -0.3 is 5.73 Å². The Balaban J connectivity index is 2.18. The molecule has 0 saturated carbocycles. The number of nitrogens with zero attached hydrogens (tertiary/aromatic N) is 2. The standard InChI is InChI=1S/C11H12N4OS/c12-6-5-8-3-1-2-4-9(8)10(16)14-11-15-13-7-17-11/h1-4,7H,5-6,12H2,(H,14,15,16). The SMILES string of the molecule is NCCc1ccccc1C(=O)Nc1nncs1. The number of aromatic nitrogens is 2. The maximum absolute atomic E-state index is 12.0. The van der Waals surface area contributed by atoms with Crippen molar-refractivity contribution in [3.05, 3.63) is 40.9 Å². The van der Waals surface area contributed by atoms with Crippen molar-refractivity contribution in [1.29, 1.82) is 0 Å². The minimum absolute atomic E-state index is 0.175. The van der Waals surface area contributed by atoms with E-state index >= 15 is 0 Å². The van der Waals surface area contributed by atoms with Crippen LogP contribution in [0.25, 0.3) is 0 Å². The molecule has 0 radical (unpaired) electrons. The molecule has 5 nitrogen and oxygen atoms in total. The first kappa shape index (κ1) is 11.7. The topological polar surface area (TPSA) is 80.9 Å². The van der Waals surface area contributed by atoms with Crippen molar-refractivity contribution in [1.82, 2.24) is 10.2 Å². The van der Waals surface area contributed by atoms with Gasteiger partial charge in [-0.3, -0.25) is 10.1 Å². The number of anilines is 1. The quantitative estimate of drug-likeness (QED) is 0.854. The highest BCUT2D eigenvalue weighted by Crippen LogP contribution is 2.14. The summed E-state index contributed by atoms with van der Waals surface area (Å²) in [6.07, 6.45) is 0.680. The van der Waals surface area contributed by atoms with Gasteiger partial charge >= 0.3 is 0 Å². The molecule has 0 aliphatic rings. The van der Waals surface area contributed by atoms with Gasteiger partial charge in [0.2, 0.25) is 5.13 Å².